The number of nitrogens with zero attached hydrogens (tertiary/aromatic N) is 1. The first kappa shape index (κ1) is 27.2. The van der Waals surface area contributed by atoms with Crippen molar-refractivity contribution in [3.8, 4) is 0 Å². The summed E-state index contributed by atoms with van der Waals surface area (Å²) in [5, 5.41) is 20.3. The minimum atomic E-state index is -5.74. The van der Waals surface area contributed by atoms with Crippen LogP contribution in [0.15, 0.2) is 15.8 Å². The van der Waals surface area contributed by atoms with E-state index in [2.05, 4.69) is 13.1 Å². The molecule has 1 fully saturated rings. The summed E-state index contributed by atoms with van der Waals surface area (Å²) in [6.45, 7) is 0.953. The minimum absolute atomic E-state index is 0.226. The van der Waals surface area contributed by atoms with Gasteiger partial charge in [-0.2, -0.15) is 8.62 Å². The van der Waals surface area contributed by atoms with Gasteiger partial charge in [-0.15, -0.1) is 0 Å². The molecular formula is C12H21N2O15P3. The van der Waals surface area contributed by atoms with Gasteiger partial charge < -0.3 is 39.1 Å². The largest absolute Gasteiger partial charge is 0.490 e. The molecule has 0 aliphatic carbocycles. The van der Waals surface area contributed by atoms with Gasteiger partial charge in [0.15, 0.2) is 0 Å². The van der Waals surface area contributed by atoms with E-state index >= 15 is 0 Å². The predicted octanol–water partition coefficient (Wildman–Crippen LogP) is -1.55. The third kappa shape index (κ3) is 7.23. The number of H-pyrrole nitrogens is 1. The molecule has 1 aromatic rings. The third-order valence-corrected chi connectivity index (χ3v) is 7.79. The lowest BCUT2D eigenvalue weighted by atomic mass is 10.0. The van der Waals surface area contributed by atoms with Crippen LogP contribution < -0.4 is 11.2 Å². The van der Waals surface area contributed by atoms with Crippen LogP contribution in [0.1, 0.15) is 25.0 Å². The summed E-state index contributed by atoms with van der Waals surface area (Å²) in [5.74, 6) is 0. The van der Waals surface area contributed by atoms with Crippen molar-refractivity contribution >= 4 is 23.5 Å². The lowest BCUT2D eigenvalue weighted by Gasteiger charge is -2.19. The van der Waals surface area contributed by atoms with Crippen LogP contribution in [0.3, 0.4) is 0 Å². The van der Waals surface area contributed by atoms with Crippen molar-refractivity contribution in [1.82, 2.24) is 9.55 Å². The molecule has 0 saturated carbocycles. The van der Waals surface area contributed by atoms with Crippen molar-refractivity contribution in [1.29, 1.82) is 0 Å². The number of aliphatic hydroxyl groups excluding tert-OH is 2. The van der Waals surface area contributed by atoms with Crippen molar-refractivity contribution in [3.05, 3.63) is 32.6 Å². The van der Waals surface area contributed by atoms with E-state index < -0.39 is 65.7 Å². The number of aryl methyl sites for hydroxylation is 1. The van der Waals surface area contributed by atoms with Gasteiger partial charge in [-0.05, 0) is 6.42 Å². The lowest BCUT2D eigenvalue weighted by molar-refractivity contribution is -0.0228. The molecule has 1 saturated heterocycles. The van der Waals surface area contributed by atoms with Crippen LogP contribution in [0.5, 0.6) is 0 Å². The number of aromatic nitrogens is 2. The summed E-state index contributed by atoms with van der Waals surface area (Å²) in [7, 11) is -16.8. The Balaban J connectivity index is 2.13. The number of phosphoric ester groups is 1. The summed E-state index contributed by atoms with van der Waals surface area (Å²) >= 11 is 0. The van der Waals surface area contributed by atoms with E-state index in [1.165, 1.54) is 0 Å². The van der Waals surface area contributed by atoms with Crippen LogP contribution in [0, 0.1) is 0 Å². The average Bonchev–Trinajstić information content (AvgIpc) is 2.87. The first-order valence-corrected chi connectivity index (χ1v) is 13.2. The first-order chi connectivity index (χ1) is 14.6. The van der Waals surface area contributed by atoms with Crippen molar-refractivity contribution in [3.63, 3.8) is 0 Å². The molecule has 184 valence electrons. The molecule has 1 aromatic heterocycles. The highest BCUT2D eigenvalue weighted by molar-refractivity contribution is 7.66. The summed E-state index contributed by atoms with van der Waals surface area (Å²) in [5.41, 5.74) is -1.85. The van der Waals surface area contributed by atoms with E-state index in [4.69, 9.17) is 19.4 Å². The van der Waals surface area contributed by atoms with Crippen molar-refractivity contribution < 1.29 is 61.4 Å². The van der Waals surface area contributed by atoms with E-state index in [1.54, 1.807) is 6.92 Å². The zero-order valence-corrected chi connectivity index (χ0v) is 18.8. The van der Waals surface area contributed by atoms with Crippen molar-refractivity contribution in [2.45, 2.75) is 44.3 Å². The maximum absolute atomic E-state index is 12.1. The van der Waals surface area contributed by atoms with Crippen LogP contribution in [0.25, 0.3) is 0 Å². The van der Waals surface area contributed by atoms with Gasteiger partial charge in [0.2, 0.25) is 0 Å². The van der Waals surface area contributed by atoms with Crippen LogP contribution in [-0.2, 0) is 38.1 Å². The van der Waals surface area contributed by atoms with Gasteiger partial charge in [0.05, 0.1) is 12.2 Å². The molecule has 2 heterocycles. The number of aliphatic hydroxyl groups is 2. The molecule has 0 spiro atoms. The second kappa shape index (κ2) is 10.1. The van der Waals surface area contributed by atoms with Crippen LogP contribution in [0.2, 0.25) is 0 Å². The fourth-order valence-corrected chi connectivity index (χ4v) is 5.78. The molecule has 2 rings (SSSR count). The average molecular weight is 526 g/mol. The summed E-state index contributed by atoms with van der Waals surface area (Å²) in [6.07, 6.45) is -4.91. The van der Waals surface area contributed by atoms with Gasteiger partial charge in [-0.1, -0.05) is 6.92 Å². The molecule has 0 radical (unpaired) electrons. The van der Waals surface area contributed by atoms with Gasteiger partial charge in [0.1, 0.15) is 24.4 Å². The van der Waals surface area contributed by atoms with E-state index in [9.17, 15) is 38.4 Å². The summed E-state index contributed by atoms with van der Waals surface area (Å²) in [6, 6.07) is 0. The van der Waals surface area contributed by atoms with Gasteiger partial charge >= 0.3 is 29.2 Å². The number of nitrogens with one attached hydrogen (secondary N) is 1. The molecule has 0 amide bonds. The molecular weight excluding hydrogens is 505 g/mol. The summed E-state index contributed by atoms with van der Waals surface area (Å²) < 4.78 is 51.6. The normalized spacial score (nSPS) is 27.7. The zero-order valence-electron chi connectivity index (χ0n) is 16.2. The van der Waals surface area contributed by atoms with Gasteiger partial charge in [-0.25, -0.2) is 18.5 Å². The Morgan fingerprint density at radius 1 is 1.06 bits per heavy atom. The number of ether oxygens (including phenoxy) is 1. The smallest absolute Gasteiger partial charge is 0.387 e. The van der Waals surface area contributed by atoms with Crippen LogP contribution in [0.4, 0.5) is 0 Å². The molecule has 2 unspecified atom stereocenters. The van der Waals surface area contributed by atoms with Crippen molar-refractivity contribution in [2.75, 3.05) is 6.61 Å². The standard InChI is InChI=1S/C12H21N2O15P3/c1-2-3-14-4-6(11(17)13-12(14)18)10-9(16)8(15)7(27-10)5-26-31(22,23)29-32(24,25)28-30(19,20)21/h4,7-10,15-16H,2-3,5H2,1H3,(H,22,23)(H,24,25)(H,13,17,18)(H2,19,20,21)/t7-,8+,9+,10+/m1/s1. The van der Waals surface area contributed by atoms with Crippen LogP contribution >= 0.6 is 23.5 Å². The van der Waals surface area contributed by atoms with Gasteiger partial charge in [0, 0.05) is 12.7 Å². The Morgan fingerprint density at radius 3 is 2.25 bits per heavy atom. The molecule has 0 bridgehead atoms. The molecule has 7 N–H and O–H groups in total. The molecule has 17 nitrogen and oxygen atoms in total. The van der Waals surface area contributed by atoms with E-state index in [-0.39, 0.29) is 12.1 Å². The molecule has 6 atom stereocenters. The third-order valence-electron chi connectivity index (χ3n) is 3.99. The highest BCUT2D eigenvalue weighted by Gasteiger charge is 2.47. The first-order valence-electron chi connectivity index (χ1n) is 8.69. The highest BCUT2D eigenvalue weighted by Crippen LogP contribution is 2.66. The second-order valence-electron chi connectivity index (χ2n) is 6.50. The van der Waals surface area contributed by atoms with E-state index in [1.807, 2.05) is 4.98 Å². The van der Waals surface area contributed by atoms with Crippen molar-refractivity contribution in [2.24, 2.45) is 0 Å². The number of phosphoric acid groups is 3. The SMILES string of the molecule is CCCn1cc([C@@H]2O[C@H](COP(=O)(O)OP(=O)(O)OP(=O)(O)O)[C@H](O)[C@@H]2O)c(=O)[nH]c1=O. The van der Waals surface area contributed by atoms with Gasteiger partial charge in [-0.3, -0.25) is 14.3 Å². The molecule has 20 heteroatoms. The maximum atomic E-state index is 12.1. The number of rotatable bonds is 10. The Bertz CT molecular complexity index is 1080. The maximum Gasteiger partial charge on any atom is 0.490 e. The monoisotopic (exact) mass is 526 g/mol. The van der Waals surface area contributed by atoms with Crippen LogP contribution in [-0.4, -0.2) is 64.3 Å². The highest BCUT2D eigenvalue weighted by atomic mass is 31.3. The Hall–Kier alpha value is -1.03. The Morgan fingerprint density at radius 2 is 1.69 bits per heavy atom. The molecule has 32 heavy (non-hydrogen) atoms. The van der Waals surface area contributed by atoms with E-state index in [0.29, 0.717) is 6.42 Å². The summed E-state index contributed by atoms with van der Waals surface area (Å²) in [4.78, 5) is 61.5. The van der Waals surface area contributed by atoms with E-state index in [0.717, 1.165) is 10.8 Å². The Kier molecular flexibility index (Phi) is 8.57. The van der Waals surface area contributed by atoms with Gasteiger partial charge in [0.25, 0.3) is 5.56 Å². The fraction of sp³-hybridized carbons (Fsp3) is 0.667. The number of hydrogen-bond donors (Lipinski definition) is 7. The predicted molar refractivity (Wildman–Crippen MR) is 101 cm³/mol. The number of aromatic amines is 1. The quantitative estimate of drug-likeness (QED) is 0.170. The second-order valence-corrected chi connectivity index (χ2v) is 10.9. The molecule has 1 aliphatic heterocycles. The topological polar surface area (TPSA) is 264 Å². The molecule has 1 aliphatic rings. The fourth-order valence-electron chi connectivity index (χ4n) is 2.75. The lowest BCUT2D eigenvalue weighted by Crippen LogP contribution is -2.36. The zero-order chi connectivity index (χ0) is 24.5. The molecule has 0 aromatic carbocycles. The minimum Gasteiger partial charge on any atom is -0.387 e. The number of hydrogen-bond acceptors (Lipinski definition) is 11. The Labute approximate surface area is 178 Å².